The molecule has 108 valence electrons. The number of hydrogen-bond acceptors (Lipinski definition) is 5. The molecule has 6 heteroatoms. The maximum absolute atomic E-state index is 10.9. The smallest absolute Gasteiger partial charge is 0.345 e. The lowest BCUT2D eigenvalue weighted by Crippen LogP contribution is -2.22. The van der Waals surface area contributed by atoms with Gasteiger partial charge in [0.15, 0.2) is 0 Å². The summed E-state index contributed by atoms with van der Waals surface area (Å²) in [4.78, 5) is 13.8. The first kappa shape index (κ1) is 15.0. The van der Waals surface area contributed by atoms with Crippen LogP contribution in [0.4, 0.5) is 5.69 Å². The van der Waals surface area contributed by atoms with E-state index in [1.807, 2.05) is 12.1 Å². The van der Waals surface area contributed by atoms with Crippen LogP contribution in [-0.2, 0) is 0 Å². The molecule has 0 saturated heterocycles. The third-order valence-corrected chi connectivity index (χ3v) is 4.19. The van der Waals surface area contributed by atoms with Gasteiger partial charge in [0.2, 0.25) is 0 Å². The summed E-state index contributed by atoms with van der Waals surface area (Å²) in [6, 6.07) is 10.8. The second-order valence-electron chi connectivity index (χ2n) is 4.46. The van der Waals surface area contributed by atoms with Crippen molar-refractivity contribution in [1.82, 2.24) is 0 Å². The molecule has 5 nitrogen and oxygen atoms in total. The lowest BCUT2D eigenvalue weighted by atomic mass is 10.1. The van der Waals surface area contributed by atoms with Crippen molar-refractivity contribution >= 4 is 23.0 Å². The van der Waals surface area contributed by atoms with Crippen molar-refractivity contribution in [2.75, 3.05) is 25.1 Å². The lowest BCUT2D eigenvalue weighted by molar-refractivity contribution is 0.0702. The number of nitriles is 1. The summed E-state index contributed by atoms with van der Waals surface area (Å²) in [7, 11) is 1.81. The van der Waals surface area contributed by atoms with E-state index >= 15 is 0 Å². The first-order valence-corrected chi connectivity index (χ1v) is 7.08. The fraction of sp³-hybridized carbons (Fsp3) is 0.200. The van der Waals surface area contributed by atoms with Gasteiger partial charge in [0.05, 0.1) is 17.9 Å². The Morgan fingerprint density at radius 3 is 2.71 bits per heavy atom. The third-order valence-electron chi connectivity index (χ3n) is 3.06. The number of aliphatic hydroxyl groups is 1. The van der Waals surface area contributed by atoms with Crippen molar-refractivity contribution in [3.63, 3.8) is 0 Å². The highest BCUT2D eigenvalue weighted by Gasteiger charge is 2.12. The first-order valence-electron chi connectivity index (χ1n) is 6.26. The summed E-state index contributed by atoms with van der Waals surface area (Å²) in [6.45, 7) is 0.451. The molecule has 1 aromatic carbocycles. The Kier molecular flexibility index (Phi) is 4.58. The minimum atomic E-state index is -0.953. The molecular formula is C15H14N2O3S. The zero-order valence-corrected chi connectivity index (χ0v) is 12.2. The SMILES string of the molecule is CN(CCO)c1ccc(-c2ccc(C(=O)O)s2)cc1C#N. The first-order chi connectivity index (χ1) is 10.1. The van der Waals surface area contributed by atoms with Gasteiger partial charge in [-0.2, -0.15) is 5.26 Å². The predicted molar refractivity (Wildman–Crippen MR) is 81.8 cm³/mol. The van der Waals surface area contributed by atoms with E-state index in [2.05, 4.69) is 6.07 Å². The molecule has 0 aliphatic heterocycles. The van der Waals surface area contributed by atoms with E-state index in [1.165, 1.54) is 11.3 Å². The summed E-state index contributed by atoms with van der Waals surface area (Å²) >= 11 is 1.18. The number of rotatable bonds is 5. The molecule has 2 rings (SSSR count). The van der Waals surface area contributed by atoms with Crippen LogP contribution in [0.25, 0.3) is 10.4 Å². The van der Waals surface area contributed by atoms with Crippen LogP contribution in [0.5, 0.6) is 0 Å². The van der Waals surface area contributed by atoms with Gasteiger partial charge in [-0.25, -0.2) is 4.79 Å². The van der Waals surface area contributed by atoms with E-state index in [0.29, 0.717) is 12.1 Å². The summed E-state index contributed by atoms with van der Waals surface area (Å²) in [5.74, 6) is -0.953. The van der Waals surface area contributed by atoms with Crippen LogP contribution in [0.2, 0.25) is 0 Å². The average molecular weight is 302 g/mol. The monoisotopic (exact) mass is 302 g/mol. The molecule has 0 aliphatic carbocycles. The zero-order valence-electron chi connectivity index (χ0n) is 11.4. The van der Waals surface area contributed by atoms with E-state index in [-0.39, 0.29) is 11.5 Å². The predicted octanol–water partition coefficient (Wildman–Crippen LogP) is 2.41. The van der Waals surface area contributed by atoms with E-state index in [1.54, 1.807) is 30.1 Å². The molecule has 0 saturated carbocycles. The van der Waals surface area contributed by atoms with Crippen molar-refractivity contribution in [2.24, 2.45) is 0 Å². The van der Waals surface area contributed by atoms with E-state index in [0.717, 1.165) is 16.1 Å². The number of carbonyl (C=O) groups is 1. The normalized spacial score (nSPS) is 10.1. The van der Waals surface area contributed by atoms with Crippen LogP contribution < -0.4 is 4.90 Å². The number of nitrogens with zero attached hydrogens (tertiary/aromatic N) is 2. The Labute approximate surface area is 126 Å². The van der Waals surface area contributed by atoms with Crippen molar-refractivity contribution in [3.05, 3.63) is 40.8 Å². The highest BCUT2D eigenvalue weighted by atomic mass is 32.1. The number of carboxylic acid groups (broad SMARTS) is 1. The van der Waals surface area contributed by atoms with Crippen LogP contribution in [0.15, 0.2) is 30.3 Å². The molecular weight excluding hydrogens is 288 g/mol. The highest BCUT2D eigenvalue weighted by molar-refractivity contribution is 7.17. The number of carboxylic acids is 1. The topological polar surface area (TPSA) is 84.6 Å². The standard InChI is InChI=1S/C15H14N2O3S/c1-17(6-7-18)12-3-2-10(8-11(12)9-16)13-4-5-14(21-13)15(19)20/h2-5,8,18H,6-7H2,1H3,(H,19,20). The van der Waals surface area contributed by atoms with E-state index in [9.17, 15) is 10.1 Å². The molecule has 2 aromatic rings. The maximum Gasteiger partial charge on any atom is 0.345 e. The summed E-state index contributed by atoms with van der Waals surface area (Å²) in [6.07, 6.45) is 0. The Hall–Kier alpha value is -2.36. The number of likely N-dealkylation sites (N-methyl/N-ethyl adjacent to an activating group) is 1. The summed E-state index contributed by atoms with van der Waals surface area (Å²) in [5, 5.41) is 27.2. The van der Waals surface area contributed by atoms with Crippen LogP contribution in [0.3, 0.4) is 0 Å². The number of aromatic carboxylic acids is 1. The fourth-order valence-electron chi connectivity index (χ4n) is 1.99. The quantitative estimate of drug-likeness (QED) is 0.886. The van der Waals surface area contributed by atoms with Gasteiger partial charge >= 0.3 is 5.97 Å². The summed E-state index contributed by atoms with van der Waals surface area (Å²) < 4.78 is 0. The van der Waals surface area contributed by atoms with Crippen LogP contribution in [0.1, 0.15) is 15.2 Å². The molecule has 0 bridgehead atoms. The van der Waals surface area contributed by atoms with Gasteiger partial charge in [-0.05, 0) is 29.8 Å². The number of anilines is 1. The Balaban J connectivity index is 2.38. The molecule has 1 aromatic heterocycles. The van der Waals surface area contributed by atoms with Crippen LogP contribution >= 0.6 is 11.3 Å². The van der Waals surface area contributed by atoms with Gasteiger partial charge in [0.1, 0.15) is 10.9 Å². The van der Waals surface area contributed by atoms with E-state index in [4.69, 9.17) is 10.2 Å². The number of thiophene rings is 1. The molecule has 1 heterocycles. The Morgan fingerprint density at radius 2 is 2.14 bits per heavy atom. The minimum Gasteiger partial charge on any atom is -0.477 e. The second-order valence-corrected chi connectivity index (χ2v) is 5.54. The van der Waals surface area contributed by atoms with Gasteiger partial charge in [-0.1, -0.05) is 6.07 Å². The second kappa shape index (κ2) is 6.39. The number of aliphatic hydroxyl groups excluding tert-OH is 1. The molecule has 0 amide bonds. The van der Waals surface area contributed by atoms with Gasteiger partial charge in [-0.15, -0.1) is 11.3 Å². The molecule has 2 N–H and O–H groups in total. The maximum atomic E-state index is 10.9. The third kappa shape index (κ3) is 3.21. The summed E-state index contributed by atoms with van der Waals surface area (Å²) in [5.41, 5.74) is 2.05. The Morgan fingerprint density at radius 1 is 1.38 bits per heavy atom. The van der Waals surface area contributed by atoms with Gasteiger partial charge in [0.25, 0.3) is 0 Å². The zero-order chi connectivity index (χ0) is 15.4. The molecule has 0 spiro atoms. The van der Waals surface area contributed by atoms with Crippen LogP contribution in [-0.4, -0.2) is 36.4 Å². The molecule has 0 radical (unpaired) electrons. The van der Waals surface area contributed by atoms with E-state index < -0.39 is 5.97 Å². The highest BCUT2D eigenvalue weighted by Crippen LogP contribution is 2.31. The fourth-order valence-corrected chi connectivity index (χ4v) is 2.83. The molecule has 0 fully saturated rings. The van der Waals surface area contributed by atoms with Crippen molar-refractivity contribution < 1.29 is 15.0 Å². The van der Waals surface area contributed by atoms with Crippen molar-refractivity contribution in [1.29, 1.82) is 5.26 Å². The number of benzene rings is 1. The van der Waals surface area contributed by atoms with Crippen molar-refractivity contribution in [3.8, 4) is 16.5 Å². The van der Waals surface area contributed by atoms with Crippen molar-refractivity contribution in [2.45, 2.75) is 0 Å². The van der Waals surface area contributed by atoms with Gasteiger partial charge in [0, 0.05) is 18.5 Å². The van der Waals surface area contributed by atoms with Gasteiger partial charge in [-0.3, -0.25) is 0 Å². The minimum absolute atomic E-state index is 0.00994. The Bertz CT molecular complexity index is 703. The molecule has 0 aliphatic rings. The van der Waals surface area contributed by atoms with Crippen LogP contribution in [0, 0.1) is 11.3 Å². The molecule has 21 heavy (non-hydrogen) atoms. The molecule has 0 unspecified atom stereocenters. The lowest BCUT2D eigenvalue weighted by Gasteiger charge is -2.19. The molecule has 0 atom stereocenters. The number of hydrogen-bond donors (Lipinski definition) is 2. The van der Waals surface area contributed by atoms with Gasteiger partial charge < -0.3 is 15.1 Å². The largest absolute Gasteiger partial charge is 0.477 e. The average Bonchev–Trinajstić information content (AvgIpc) is 2.97.